The summed E-state index contributed by atoms with van der Waals surface area (Å²) in [6.07, 6.45) is -0.0174. The first kappa shape index (κ1) is 21.1. The zero-order chi connectivity index (χ0) is 18.8. The summed E-state index contributed by atoms with van der Waals surface area (Å²) in [5, 5.41) is 0. The van der Waals surface area contributed by atoms with Crippen LogP contribution < -0.4 is 0 Å². The number of rotatable bonds is 7. The lowest BCUT2D eigenvalue weighted by atomic mass is 10.1. The molecule has 0 fully saturated rings. The maximum Gasteiger partial charge on any atom is 0.297 e. The van der Waals surface area contributed by atoms with Gasteiger partial charge in [-0.1, -0.05) is 17.7 Å². The van der Waals surface area contributed by atoms with Crippen LogP contribution in [0.5, 0.6) is 0 Å². The third-order valence-corrected chi connectivity index (χ3v) is 5.95. The molecule has 24 heavy (non-hydrogen) atoms. The zero-order valence-electron chi connectivity index (χ0n) is 15.0. The van der Waals surface area contributed by atoms with Crippen molar-refractivity contribution in [3.63, 3.8) is 0 Å². The minimum Gasteiger partial charge on any atom is -0.264 e. The van der Waals surface area contributed by atoms with E-state index in [1.54, 1.807) is 32.9 Å². The van der Waals surface area contributed by atoms with Crippen LogP contribution in [0.4, 0.5) is 0 Å². The van der Waals surface area contributed by atoms with Gasteiger partial charge in [-0.05, 0) is 60.1 Å². The van der Waals surface area contributed by atoms with Gasteiger partial charge in [0, 0.05) is 0 Å². The molecule has 0 spiro atoms. The molecule has 0 radical (unpaired) electrons. The fraction of sp³-hybridized carbons (Fsp3) is 0.625. The largest absolute Gasteiger partial charge is 0.297 e. The molecule has 1 aromatic rings. The Morgan fingerprint density at radius 1 is 0.875 bits per heavy atom. The summed E-state index contributed by atoms with van der Waals surface area (Å²) in [5.74, 6) is -0.333. The number of aryl methyl sites for hydroxylation is 1. The molecule has 1 aromatic carbocycles. The van der Waals surface area contributed by atoms with Crippen LogP contribution in [0.1, 0.15) is 46.6 Å². The normalized spacial score (nSPS) is 13.9. The van der Waals surface area contributed by atoms with Gasteiger partial charge in [0.05, 0.1) is 21.9 Å². The minimum absolute atomic E-state index is 0.0174. The Balaban J connectivity index is 2.80. The second kappa shape index (κ2) is 7.11. The molecular formula is C16H26O6S2. The molecule has 0 saturated heterocycles. The van der Waals surface area contributed by atoms with E-state index in [0.717, 1.165) is 5.56 Å². The van der Waals surface area contributed by atoms with E-state index in [1.807, 2.05) is 6.92 Å². The molecule has 0 amide bonds. The Morgan fingerprint density at radius 2 is 1.38 bits per heavy atom. The van der Waals surface area contributed by atoms with Crippen molar-refractivity contribution in [2.75, 3.05) is 5.75 Å². The van der Waals surface area contributed by atoms with Gasteiger partial charge >= 0.3 is 0 Å². The van der Waals surface area contributed by atoms with Crippen LogP contribution >= 0.6 is 0 Å². The zero-order valence-corrected chi connectivity index (χ0v) is 16.6. The summed E-state index contributed by atoms with van der Waals surface area (Å²) in [4.78, 5) is 0.0370. The Labute approximate surface area is 145 Å². The van der Waals surface area contributed by atoms with Gasteiger partial charge in [-0.25, -0.2) is 0 Å². The number of benzene rings is 1. The Bertz CT molecular complexity index is 754. The fourth-order valence-corrected chi connectivity index (χ4v) is 4.71. The van der Waals surface area contributed by atoms with E-state index in [9.17, 15) is 16.8 Å². The van der Waals surface area contributed by atoms with Crippen molar-refractivity contribution in [3.8, 4) is 0 Å². The van der Waals surface area contributed by atoms with E-state index in [4.69, 9.17) is 8.37 Å². The van der Waals surface area contributed by atoms with Crippen LogP contribution in [0.25, 0.3) is 0 Å². The first-order valence-electron chi connectivity index (χ1n) is 7.58. The average Bonchev–Trinajstić information content (AvgIpc) is 2.33. The van der Waals surface area contributed by atoms with Gasteiger partial charge in [0.1, 0.15) is 0 Å². The van der Waals surface area contributed by atoms with Gasteiger partial charge in [-0.3, -0.25) is 8.37 Å². The van der Waals surface area contributed by atoms with E-state index in [2.05, 4.69) is 0 Å². The topological polar surface area (TPSA) is 86.7 Å². The molecule has 0 aliphatic carbocycles. The highest BCUT2D eigenvalue weighted by Gasteiger charge is 2.31. The van der Waals surface area contributed by atoms with Crippen molar-refractivity contribution < 1.29 is 25.2 Å². The van der Waals surface area contributed by atoms with Crippen molar-refractivity contribution in [2.24, 2.45) is 0 Å². The van der Waals surface area contributed by atoms with Crippen LogP contribution in [-0.2, 0) is 28.6 Å². The lowest BCUT2D eigenvalue weighted by Gasteiger charge is -2.25. The van der Waals surface area contributed by atoms with E-state index in [0.29, 0.717) is 0 Å². The lowest BCUT2D eigenvalue weighted by molar-refractivity contribution is 0.108. The molecule has 0 saturated carbocycles. The highest BCUT2D eigenvalue weighted by atomic mass is 32.2. The van der Waals surface area contributed by atoms with Gasteiger partial charge in [0.2, 0.25) is 0 Å². The van der Waals surface area contributed by atoms with Crippen LogP contribution in [0, 0.1) is 6.92 Å². The molecule has 0 bridgehead atoms. The predicted molar refractivity (Wildman–Crippen MR) is 92.8 cm³/mol. The van der Waals surface area contributed by atoms with Gasteiger partial charge < -0.3 is 0 Å². The number of hydrogen-bond acceptors (Lipinski definition) is 6. The van der Waals surface area contributed by atoms with Crippen LogP contribution in [0.15, 0.2) is 29.2 Å². The maximum atomic E-state index is 12.3. The Morgan fingerprint density at radius 3 is 1.83 bits per heavy atom. The summed E-state index contributed by atoms with van der Waals surface area (Å²) in [5.41, 5.74) is -1.09. The van der Waals surface area contributed by atoms with Crippen molar-refractivity contribution in [1.29, 1.82) is 0 Å². The fourth-order valence-electron chi connectivity index (χ4n) is 1.89. The van der Waals surface area contributed by atoms with E-state index >= 15 is 0 Å². The second-order valence-corrected chi connectivity index (χ2v) is 10.6. The Hall–Kier alpha value is -0.960. The van der Waals surface area contributed by atoms with Crippen LogP contribution in [0.3, 0.4) is 0 Å². The lowest BCUT2D eigenvalue weighted by Crippen LogP contribution is -2.33. The van der Waals surface area contributed by atoms with E-state index in [-0.39, 0.29) is 17.1 Å². The molecule has 0 N–H and O–H groups in total. The molecule has 8 heteroatoms. The standard InChI is InChI=1S/C16H26O6S2/c1-13-7-9-14(10-8-13)24(19,20)22-16(5,6)11-12-23(17,18)21-15(2,3)4/h7-10H,11-12H2,1-6H3. The molecule has 0 aliphatic heterocycles. The van der Waals surface area contributed by atoms with Crippen LogP contribution in [0.2, 0.25) is 0 Å². The predicted octanol–water partition coefficient (Wildman–Crippen LogP) is 3.01. The minimum atomic E-state index is -3.97. The summed E-state index contributed by atoms with van der Waals surface area (Å²) in [6, 6.07) is 6.26. The van der Waals surface area contributed by atoms with E-state index < -0.39 is 31.4 Å². The summed E-state index contributed by atoms with van der Waals surface area (Å²) >= 11 is 0. The summed E-state index contributed by atoms with van der Waals surface area (Å²) < 4.78 is 58.7. The molecular weight excluding hydrogens is 352 g/mol. The third-order valence-electron chi connectivity index (χ3n) is 2.98. The first-order valence-corrected chi connectivity index (χ1v) is 10.6. The number of hydrogen-bond donors (Lipinski definition) is 0. The van der Waals surface area contributed by atoms with Crippen molar-refractivity contribution >= 4 is 20.2 Å². The monoisotopic (exact) mass is 378 g/mol. The van der Waals surface area contributed by atoms with E-state index in [1.165, 1.54) is 26.0 Å². The molecule has 1 rings (SSSR count). The molecule has 0 unspecified atom stereocenters. The van der Waals surface area contributed by atoms with Crippen molar-refractivity contribution in [1.82, 2.24) is 0 Å². The molecule has 0 atom stereocenters. The SMILES string of the molecule is Cc1ccc(S(=O)(=O)OC(C)(C)CCS(=O)(=O)OC(C)(C)C)cc1. The average molecular weight is 379 g/mol. The molecule has 138 valence electrons. The third kappa shape index (κ3) is 7.29. The highest BCUT2D eigenvalue weighted by molar-refractivity contribution is 7.87. The smallest absolute Gasteiger partial charge is 0.264 e. The van der Waals surface area contributed by atoms with Crippen LogP contribution in [-0.4, -0.2) is 33.8 Å². The van der Waals surface area contributed by atoms with Gasteiger partial charge in [0.25, 0.3) is 20.2 Å². The molecule has 0 heterocycles. The quantitative estimate of drug-likeness (QED) is 0.678. The molecule has 0 aliphatic rings. The second-order valence-electron chi connectivity index (χ2n) is 7.32. The van der Waals surface area contributed by atoms with Crippen molar-refractivity contribution in [2.45, 2.75) is 64.1 Å². The maximum absolute atomic E-state index is 12.3. The first-order chi connectivity index (χ1) is 10.6. The van der Waals surface area contributed by atoms with Crippen molar-refractivity contribution in [3.05, 3.63) is 29.8 Å². The molecule has 6 nitrogen and oxygen atoms in total. The summed E-state index contributed by atoms with van der Waals surface area (Å²) in [6.45, 7) is 9.81. The van der Waals surface area contributed by atoms with Gasteiger partial charge in [-0.15, -0.1) is 0 Å². The summed E-state index contributed by atoms with van der Waals surface area (Å²) in [7, 11) is -7.75. The van der Waals surface area contributed by atoms with Gasteiger partial charge in [0.15, 0.2) is 0 Å². The molecule has 0 aromatic heterocycles. The van der Waals surface area contributed by atoms with Gasteiger partial charge in [-0.2, -0.15) is 16.8 Å². The Kier molecular flexibility index (Phi) is 6.25. The highest BCUT2D eigenvalue weighted by Crippen LogP contribution is 2.24.